The van der Waals surface area contributed by atoms with E-state index >= 15 is 0 Å². The SMILES string of the molecule is OC(CN1CCC(c2cn[nH]c2)CC1)c1ccccc1F. The number of benzene rings is 1. The van der Waals surface area contributed by atoms with Crippen LogP contribution in [0.1, 0.15) is 36.0 Å². The molecule has 1 aromatic heterocycles. The zero-order valence-corrected chi connectivity index (χ0v) is 11.9. The number of nitrogens with one attached hydrogen (secondary N) is 1. The van der Waals surface area contributed by atoms with Gasteiger partial charge in [0.2, 0.25) is 0 Å². The molecule has 1 atom stereocenters. The number of nitrogens with zero attached hydrogens (tertiary/aromatic N) is 2. The van der Waals surface area contributed by atoms with E-state index in [1.165, 1.54) is 11.6 Å². The second kappa shape index (κ2) is 6.37. The van der Waals surface area contributed by atoms with E-state index in [4.69, 9.17) is 0 Å². The number of piperidine rings is 1. The van der Waals surface area contributed by atoms with Gasteiger partial charge in [0.1, 0.15) is 5.82 Å². The van der Waals surface area contributed by atoms with Gasteiger partial charge in [-0.25, -0.2) is 4.39 Å². The summed E-state index contributed by atoms with van der Waals surface area (Å²) in [7, 11) is 0. The lowest BCUT2D eigenvalue weighted by Gasteiger charge is -2.32. The Labute approximate surface area is 123 Å². The lowest BCUT2D eigenvalue weighted by molar-refractivity contribution is 0.0947. The zero-order valence-electron chi connectivity index (χ0n) is 11.9. The van der Waals surface area contributed by atoms with Crippen LogP contribution in [0.15, 0.2) is 36.7 Å². The van der Waals surface area contributed by atoms with Gasteiger partial charge in [-0.3, -0.25) is 5.10 Å². The molecular formula is C16H20FN3O. The Bertz CT molecular complexity index is 565. The number of rotatable bonds is 4. The van der Waals surface area contributed by atoms with E-state index in [9.17, 15) is 9.50 Å². The summed E-state index contributed by atoms with van der Waals surface area (Å²) in [6.45, 7) is 2.32. The molecule has 0 amide bonds. The molecule has 1 aliphatic heterocycles. The van der Waals surface area contributed by atoms with Gasteiger partial charge in [-0.15, -0.1) is 0 Å². The second-order valence-electron chi connectivity index (χ2n) is 5.64. The molecule has 0 spiro atoms. The lowest BCUT2D eigenvalue weighted by atomic mass is 9.91. The number of aromatic nitrogens is 2. The van der Waals surface area contributed by atoms with Crippen LogP contribution in [0, 0.1) is 5.82 Å². The highest BCUT2D eigenvalue weighted by Gasteiger charge is 2.23. The Morgan fingerprint density at radius 2 is 2.10 bits per heavy atom. The molecule has 21 heavy (non-hydrogen) atoms. The molecule has 2 aromatic rings. The number of hydrogen-bond donors (Lipinski definition) is 2. The summed E-state index contributed by atoms with van der Waals surface area (Å²) in [5, 5.41) is 17.1. The molecule has 1 aromatic carbocycles. The standard InChI is InChI=1S/C16H20FN3O/c17-15-4-2-1-3-14(15)16(21)11-20-7-5-12(6-8-20)13-9-18-19-10-13/h1-4,9-10,12,16,21H,5-8,11H2,(H,18,19). The van der Waals surface area contributed by atoms with Crippen LogP contribution in [-0.2, 0) is 0 Å². The van der Waals surface area contributed by atoms with Crippen molar-refractivity contribution in [2.24, 2.45) is 0 Å². The number of aliphatic hydroxyl groups is 1. The first-order chi connectivity index (χ1) is 10.2. The predicted molar refractivity (Wildman–Crippen MR) is 78.4 cm³/mol. The molecule has 1 fully saturated rings. The maximum atomic E-state index is 13.7. The van der Waals surface area contributed by atoms with Crippen molar-refractivity contribution >= 4 is 0 Å². The molecule has 2 heterocycles. The van der Waals surface area contributed by atoms with Gasteiger partial charge in [-0.1, -0.05) is 18.2 Å². The summed E-state index contributed by atoms with van der Waals surface area (Å²) in [4.78, 5) is 2.20. The number of likely N-dealkylation sites (tertiary alicyclic amines) is 1. The number of aliphatic hydroxyl groups excluding tert-OH is 1. The van der Waals surface area contributed by atoms with Crippen molar-refractivity contribution in [3.8, 4) is 0 Å². The molecule has 5 heteroatoms. The van der Waals surface area contributed by atoms with Crippen LogP contribution in [0.4, 0.5) is 4.39 Å². The van der Waals surface area contributed by atoms with Crippen LogP contribution >= 0.6 is 0 Å². The van der Waals surface area contributed by atoms with E-state index in [-0.39, 0.29) is 5.82 Å². The van der Waals surface area contributed by atoms with Crippen molar-refractivity contribution in [3.63, 3.8) is 0 Å². The van der Waals surface area contributed by atoms with E-state index in [1.54, 1.807) is 18.2 Å². The molecule has 112 valence electrons. The summed E-state index contributed by atoms with van der Waals surface area (Å²) in [5.74, 6) is 0.198. The summed E-state index contributed by atoms with van der Waals surface area (Å²) in [6, 6.07) is 6.44. The minimum Gasteiger partial charge on any atom is -0.387 e. The number of halogens is 1. The van der Waals surface area contributed by atoms with Gasteiger partial charge < -0.3 is 10.0 Å². The summed E-state index contributed by atoms with van der Waals surface area (Å²) < 4.78 is 13.7. The molecule has 3 rings (SSSR count). The summed E-state index contributed by atoms with van der Waals surface area (Å²) >= 11 is 0. The van der Waals surface area contributed by atoms with E-state index in [0.717, 1.165) is 25.9 Å². The Kier molecular flexibility index (Phi) is 4.31. The van der Waals surface area contributed by atoms with Gasteiger partial charge in [0.25, 0.3) is 0 Å². The van der Waals surface area contributed by atoms with E-state index in [2.05, 4.69) is 15.1 Å². The maximum absolute atomic E-state index is 13.7. The van der Waals surface area contributed by atoms with Crippen LogP contribution in [0.3, 0.4) is 0 Å². The molecule has 2 N–H and O–H groups in total. The fraction of sp³-hybridized carbons (Fsp3) is 0.438. The van der Waals surface area contributed by atoms with Crippen molar-refractivity contribution in [2.45, 2.75) is 24.9 Å². The zero-order chi connectivity index (χ0) is 14.7. The first kappa shape index (κ1) is 14.2. The van der Waals surface area contributed by atoms with Crippen LogP contribution in [0.2, 0.25) is 0 Å². The van der Waals surface area contributed by atoms with Gasteiger partial charge >= 0.3 is 0 Å². The smallest absolute Gasteiger partial charge is 0.129 e. The summed E-state index contributed by atoms with van der Waals surface area (Å²) in [5.41, 5.74) is 1.64. The number of β-amino-alcohol motifs (C(OH)–C–C–N with tert-alkyl or cyclic N) is 1. The molecule has 0 aliphatic carbocycles. The predicted octanol–water partition coefficient (Wildman–Crippen LogP) is 2.46. The largest absolute Gasteiger partial charge is 0.387 e. The van der Waals surface area contributed by atoms with Gasteiger partial charge in [0, 0.05) is 18.3 Å². The minimum absolute atomic E-state index is 0.335. The Hall–Kier alpha value is -1.72. The van der Waals surface area contributed by atoms with Crippen LogP contribution in [0.25, 0.3) is 0 Å². The average molecular weight is 289 g/mol. The van der Waals surface area contributed by atoms with Gasteiger partial charge in [0.05, 0.1) is 12.3 Å². The van der Waals surface area contributed by atoms with Crippen molar-refractivity contribution in [1.82, 2.24) is 15.1 Å². The monoisotopic (exact) mass is 289 g/mol. The average Bonchev–Trinajstić information content (AvgIpc) is 3.02. The molecule has 1 aliphatic rings. The molecule has 0 radical (unpaired) electrons. The number of aromatic amines is 1. The third-order valence-electron chi connectivity index (χ3n) is 4.27. The van der Waals surface area contributed by atoms with Crippen LogP contribution < -0.4 is 0 Å². The quantitative estimate of drug-likeness (QED) is 0.909. The topological polar surface area (TPSA) is 52.1 Å². The Balaban J connectivity index is 1.55. The van der Waals surface area contributed by atoms with E-state index in [0.29, 0.717) is 18.0 Å². The van der Waals surface area contributed by atoms with Crippen molar-refractivity contribution in [3.05, 3.63) is 53.6 Å². The van der Waals surface area contributed by atoms with Crippen molar-refractivity contribution in [1.29, 1.82) is 0 Å². The molecule has 0 saturated carbocycles. The van der Waals surface area contributed by atoms with Gasteiger partial charge in [0.15, 0.2) is 0 Å². The third kappa shape index (κ3) is 3.31. The summed E-state index contributed by atoms with van der Waals surface area (Å²) in [6.07, 6.45) is 5.16. The Morgan fingerprint density at radius 3 is 2.76 bits per heavy atom. The Morgan fingerprint density at radius 1 is 1.33 bits per heavy atom. The highest BCUT2D eigenvalue weighted by atomic mass is 19.1. The normalized spacial score (nSPS) is 18.8. The molecule has 0 bridgehead atoms. The molecule has 4 nitrogen and oxygen atoms in total. The molecule has 1 unspecified atom stereocenters. The lowest BCUT2D eigenvalue weighted by Crippen LogP contribution is -2.36. The maximum Gasteiger partial charge on any atom is 0.129 e. The molecule has 1 saturated heterocycles. The van der Waals surface area contributed by atoms with Gasteiger partial charge in [-0.05, 0) is 43.5 Å². The first-order valence-corrected chi connectivity index (χ1v) is 7.37. The third-order valence-corrected chi connectivity index (χ3v) is 4.27. The molecular weight excluding hydrogens is 269 g/mol. The van der Waals surface area contributed by atoms with Crippen LogP contribution in [-0.4, -0.2) is 39.8 Å². The van der Waals surface area contributed by atoms with Crippen molar-refractivity contribution < 1.29 is 9.50 Å². The highest BCUT2D eigenvalue weighted by molar-refractivity contribution is 5.20. The second-order valence-corrected chi connectivity index (χ2v) is 5.64. The van der Waals surface area contributed by atoms with E-state index < -0.39 is 6.10 Å². The number of hydrogen-bond acceptors (Lipinski definition) is 3. The minimum atomic E-state index is -0.767. The van der Waals surface area contributed by atoms with Gasteiger partial charge in [-0.2, -0.15) is 5.10 Å². The number of H-pyrrole nitrogens is 1. The fourth-order valence-corrected chi connectivity index (χ4v) is 3.02. The van der Waals surface area contributed by atoms with Crippen molar-refractivity contribution in [2.75, 3.05) is 19.6 Å². The first-order valence-electron chi connectivity index (χ1n) is 7.37. The fourth-order valence-electron chi connectivity index (χ4n) is 3.02. The van der Waals surface area contributed by atoms with E-state index in [1.807, 2.05) is 12.4 Å². The van der Waals surface area contributed by atoms with Crippen LogP contribution in [0.5, 0.6) is 0 Å². The highest BCUT2D eigenvalue weighted by Crippen LogP contribution is 2.28.